The Hall–Kier alpha value is -0.750. The number of nitro groups is 1. The fourth-order valence-corrected chi connectivity index (χ4v) is 2.30. The minimum absolute atomic E-state index is 0.0655. The van der Waals surface area contributed by atoms with Crippen molar-refractivity contribution < 1.29 is 9.72 Å². The number of rotatable bonds is 5. The van der Waals surface area contributed by atoms with Crippen LogP contribution in [0.15, 0.2) is 28.7 Å². The third-order valence-corrected chi connectivity index (χ3v) is 3.84. The van der Waals surface area contributed by atoms with E-state index in [1.165, 1.54) is 6.92 Å². The molecule has 0 saturated heterocycles. The number of Topliss-reactive ketones (excluding diaryl/α,β-unsaturated/α-hetero) is 1. The molecule has 0 heterocycles. The molecule has 92 valence electrons. The third-order valence-electron chi connectivity index (χ3n) is 2.34. The summed E-state index contributed by atoms with van der Waals surface area (Å²) < 4.78 is 0.898. The molecule has 0 aromatic heterocycles. The van der Waals surface area contributed by atoms with Crippen molar-refractivity contribution in [3.05, 3.63) is 44.4 Å². The van der Waals surface area contributed by atoms with Crippen LogP contribution in [0.25, 0.3) is 0 Å². The number of nitrogens with zero attached hydrogens (tertiary/aromatic N) is 1. The van der Waals surface area contributed by atoms with Crippen molar-refractivity contribution in [2.45, 2.75) is 24.2 Å². The van der Waals surface area contributed by atoms with Crippen LogP contribution in [-0.2, 0) is 4.79 Å². The number of carbonyl (C=O) groups excluding carboxylic acids is 1. The standard InChI is InChI=1S/C11H11Br2NO3/c1-7(15)6-10(11(13)14(16)17)8-2-4-9(12)5-3-8/h2-5,10-11H,6H2,1H3. The molecular weight excluding hydrogens is 354 g/mol. The fraction of sp³-hybridized carbons (Fsp3) is 0.364. The monoisotopic (exact) mass is 363 g/mol. The lowest BCUT2D eigenvalue weighted by molar-refractivity contribution is -0.496. The molecule has 1 rings (SSSR count). The highest BCUT2D eigenvalue weighted by Crippen LogP contribution is 2.30. The quantitative estimate of drug-likeness (QED) is 0.347. The number of carbonyl (C=O) groups is 1. The Morgan fingerprint density at radius 1 is 1.41 bits per heavy atom. The summed E-state index contributed by atoms with van der Waals surface area (Å²) in [5, 5.41) is 10.8. The van der Waals surface area contributed by atoms with E-state index >= 15 is 0 Å². The zero-order valence-electron chi connectivity index (χ0n) is 9.10. The topological polar surface area (TPSA) is 60.2 Å². The van der Waals surface area contributed by atoms with Crippen LogP contribution in [0.2, 0.25) is 0 Å². The normalized spacial score (nSPS) is 14.1. The number of hydrogen-bond acceptors (Lipinski definition) is 3. The van der Waals surface area contributed by atoms with Crippen molar-refractivity contribution in [3.63, 3.8) is 0 Å². The minimum atomic E-state index is -0.951. The molecule has 0 bridgehead atoms. The average Bonchev–Trinajstić information content (AvgIpc) is 2.26. The summed E-state index contributed by atoms with van der Waals surface area (Å²) in [4.78, 5) is 20.6. The molecule has 0 amide bonds. The van der Waals surface area contributed by atoms with E-state index in [9.17, 15) is 14.9 Å². The molecule has 2 unspecified atom stereocenters. The summed E-state index contributed by atoms with van der Waals surface area (Å²) >= 11 is 6.33. The van der Waals surface area contributed by atoms with E-state index < -0.39 is 15.8 Å². The second-order valence-corrected chi connectivity index (χ2v) is 5.58. The van der Waals surface area contributed by atoms with Gasteiger partial charge < -0.3 is 4.79 Å². The summed E-state index contributed by atoms with van der Waals surface area (Å²) in [5.74, 6) is -0.514. The van der Waals surface area contributed by atoms with Crippen LogP contribution in [0.3, 0.4) is 0 Å². The molecule has 0 spiro atoms. The van der Waals surface area contributed by atoms with E-state index in [4.69, 9.17) is 0 Å². The van der Waals surface area contributed by atoms with E-state index in [1.54, 1.807) is 12.1 Å². The van der Waals surface area contributed by atoms with Crippen LogP contribution < -0.4 is 0 Å². The number of hydrogen-bond donors (Lipinski definition) is 0. The van der Waals surface area contributed by atoms with Crippen LogP contribution in [0.5, 0.6) is 0 Å². The summed E-state index contributed by atoms with van der Waals surface area (Å²) in [6.45, 7) is 1.44. The second-order valence-electron chi connectivity index (χ2n) is 3.72. The molecule has 0 N–H and O–H groups in total. The van der Waals surface area contributed by atoms with E-state index in [0.717, 1.165) is 10.0 Å². The van der Waals surface area contributed by atoms with E-state index in [0.29, 0.717) is 0 Å². The van der Waals surface area contributed by atoms with Crippen LogP contribution in [-0.4, -0.2) is 15.7 Å². The highest BCUT2D eigenvalue weighted by Gasteiger charge is 2.30. The molecular formula is C11H11Br2NO3. The maximum Gasteiger partial charge on any atom is 0.272 e. The van der Waals surface area contributed by atoms with Crippen molar-refractivity contribution in [3.8, 4) is 0 Å². The van der Waals surface area contributed by atoms with Crippen LogP contribution in [0.4, 0.5) is 0 Å². The van der Waals surface area contributed by atoms with Crippen molar-refractivity contribution in [1.29, 1.82) is 0 Å². The first-order chi connectivity index (χ1) is 7.91. The first-order valence-corrected chi connectivity index (χ1v) is 6.65. The van der Waals surface area contributed by atoms with Crippen molar-refractivity contribution in [2.24, 2.45) is 0 Å². The second kappa shape index (κ2) is 6.26. The molecule has 0 radical (unpaired) electrons. The van der Waals surface area contributed by atoms with Crippen molar-refractivity contribution in [2.75, 3.05) is 0 Å². The lowest BCUT2D eigenvalue weighted by atomic mass is 9.94. The molecule has 2 atom stereocenters. The van der Waals surface area contributed by atoms with E-state index in [2.05, 4.69) is 31.9 Å². The molecule has 17 heavy (non-hydrogen) atoms. The molecule has 0 fully saturated rings. The van der Waals surface area contributed by atoms with Gasteiger partial charge in [0, 0.05) is 15.8 Å². The van der Waals surface area contributed by atoms with Gasteiger partial charge in [-0.1, -0.05) is 28.1 Å². The summed E-state index contributed by atoms with van der Waals surface area (Å²) in [6, 6.07) is 7.19. The molecule has 0 aliphatic rings. The summed E-state index contributed by atoms with van der Waals surface area (Å²) in [7, 11) is 0. The molecule has 6 heteroatoms. The van der Waals surface area contributed by atoms with Gasteiger partial charge in [0.1, 0.15) is 5.78 Å². The molecule has 1 aromatic carbocycles. The van der Waals surface area contributed by atoms with Crippen LogP contribution in [0.1, 0.15) is 24.8 Å². The van der Waals surface area contributed by atoms with Crippen LogP contribution >= 0.6 is 31.9 Å². The number of halogens is 2. The van der Waals surface area contributed by atoms with Gasteiger partial charge in [-0.2, -0.15) is 0 Å². The third kappa shape index (κ3) is 4.20. The van der Waals surface area contributed by atoms with Gasteiger partial charge >= 0.3 is 0 Å². The number of ketones is 1. The lowest BCUT2D eigenvalue weighted by Gasteiger charge is -2.16. The zero-order valence-corrected chi connectivity index (χ0v) is 12.3. The van der Waals surface area contributed by atoms with Gasteiger partial charge in [-0.25, -0.2) is 0 Å². The predicted molar refractivity (Wildman–Crippen MR) is 71.9 cm³/mol. The molecule has 0 saturated carbocycles. The highest BCUT2D eigenvalue weighted by atomic mass is 79.9. The Labute approximate surface area is 116 Å². The molecule has 0 aliphatic heterocycles. The van der Waals surface area contributed by atoms with Crippen molar-refractivity contribution in [1.82, 2.24) is 0 Å². The van der Waals surface area contributed by atoms with Gasteiger partial charge in [0.05, 0.1) is 5.92 Å². The molecule has 0 aliphatic carbocycles. The maximum atomic E-state index is 11.2. The lowest BCUT2D eigenvalue weighted by Crippen LogP contribution is -2.23. The smallest absolute Gasteiger partial charge is 0.272 e. The van der Waals surface area contributed by atoms with Gasteiger partial charge in [0.2, 0.25) is 0 Å². The van der Waals surface area contributed by atoms with Gasteiger partial charge in [0.25, 0.3) is 4.95 Å². The Kier molecular flexibility index (Phi) is 5.27. The minimum Gasteiger partial charge on any atom is -0.300 e. The largest absolute Gasteiger partial charge is 0.300 e. The maximum absolute atomic E-state index is 11.2. The molecule has 1 aromatic rings. The van der Waals surface area contributed by atoms with E-state index in [-0.39, 0.29) is 12.2 Å². The summed E-state index contributed by atoms with van der Waals surface area (Å²) in [6.07, 6.45) is 0.151. The first kappa shape index (κ1) is 14.3. The Morgan fingerprint density at radius 3 is 2.35 bits per heavy atom. The molecule has 4 nitrogen and oxygen atoms in total. The van der Waals surface area contributed by atoms with Crippen molar-refractivity contribution >= 4 is 37.6 Å². The number of benzene rings is 1. The van der Waals surface area contributed by atoms with Crippen LogP contribution in [0, 0.1) is 10.1 Å². The van der Waals surface area contributed by atoms with Gasteiger partial charge in [-0.05, 0) is 40.5 Å². The first-order valence-electron chi connectivity index (χ1n) is 4.94. The average molecular weight is 365 g/mol. The van der Waals surface area contributed by atoms with E-state index in [1.807, 2.05) is 12.1 Å². The highest BCUT2D eigenvalue weighted by molar-refractivity contribution is 9.10. The number of alkyl halides is 1. The predicted octanol–water partition coefficient (Wildman–Crippen LogP) is 3.51. The fourth-order valence-electron chi connectivity index (χ4n) is 1.54. The Bertz CT molecular complexity index is 419. The van der Waals surface area contributed by atoms with Gasteiger partial charge in [-0.3, -0.25) is 10.1 Å². The zero-order chi connectivity index (χ0) is 13.0. The van der Waals surface area contributed by atoms with Gasteiger partial charge in [0.15, 0.2) is 0 Å². The van der Waals surface area contributed by atoms with Gasteiger partial charge in [-0.15, -0.1) is 0 Å². The Morgan fingerprint density at radius 2 is 1.94 bits per heavy atom. The Balaban J connectivity index is 3.01. The SMILES string of the molecule is CC(=O)CC(c1ccc(Br)cc1)C(Br)[N+](=O)[O-]. The summed E-state index contributed by atoms with van der Waals surface area (Å²) in [5.41, 5.74) is 0.780.